The molecule has 0 unspecified atom stereocenters. The Morgan fingerprint density at radius 2 is 2.14 bits per heavy atom. The van der Waals surface area contributed by atoms with Gasteiger partial charge in [0.1, 0.15) is 0 Å². The molecule has 0 radical (unpaired) electrons. The minimum absolute atomic E-state index is 0.467. The van der Waals surface area contributed by atoms with E-state index < -0.39 is 0 Å². The number of ether oxygens (including phenoxy) is 2. The maximum absolute atomic E-state index is 5.73. The monoisotopic (exact) mass is 309 g/mol. The Bertz CT molecular complexity index is 478. The van der Waals surface area contributed by atoms with Crippen LogP contribution in [0.15, 0.2) is 23.3 Å². The predicted octanol–water partition coefficient (Wildman–Crippen LogP) is 2.69. The highest BCUT2D eigenvalue weighted by molar-refractivity contribution is 7.80. The number of rotatable bonds is 8. The highest BCUT2D eigenvalue weighted by Crippen LogP contribution is 2.27. The zero-order chi connectivity index (χ0) is 15.5. The summed E-state index contributed by atoms with van der Waals surface area (Å²) in [6.07, 6.45) is 5.07. The lowest BCUT2D eigenvalue weighted by molar-refractivity contribution is 0.286. The largest absolute Gasteiger partial charge is 0.493 e. The van der Waals surface area contributed by atoms with Gasteiger partial charge in [0.25, 0.3) is 0 Å². The Balaban J connectivity index is 2.63. The number of nitrogens with zero attached hydrogens (tertiary/aromatic N) is 1. The van der Waals surface area contributed by atoms with Gasteiger partial charge in [-0.2, -0.15) is 5.10 Å². The Kier molecular flexibility index (Phi) is 8.19. The molecular formula is C15H23N3O2S. The van der Waals surface area contributed by atoms with E-state index in [1.54, 1.807) is 20.4 Å². The van der Waals surface area contributed by atoms with Crippen molar-refractivity contribution in [2.24, 2.45) is 5.10 Å². The highest BCUT2D eigenvalue weighted by Gasteiger charge is 2.04. The molecule has 0 aromatic heterocycles. The summed E-state index contributed by atoms with van der Waals surface area (Å²) in [5.41, 5.74) is 3.60. The maximum atomic E-state index is 5.73. The number of hydrogen-bond acceptors (Lipinski definition) is 4. The van der Waals surface area contributed by atoms with Crippen LogP contribution < -0.4 is 20.2 Å². The molecule has 116 valence electrons. The summed E-state index contributed by atoms with van der Waals surface area (Å²) in [4.78, 5) is 0. The fourth-order valence-electron chi connectivity index (χ4n) is 1.64. The number of hydrogen-bond donors (Lipinski definition) is 2. The van der Waals surface area contributed by atoms with Gasteiger partial charge >= 0.3 is 0 Å². The van der Waals surface area contributed by atoms with E-state index in [9.17, 15) is 0 Å². The van der Waals surface area contributed by atoms with E-state index >= 15 is 0 Å². The zero-order valence-electron chi connectivity index (χ0n) is 12.8. The SMILES string of the molecule is CCCCCOc1ccc(/C=N/NC(=S)NC)cc1OC. The minimum Gasteiger partial charge on any atom is -0.493 e. The van der Waals surface area contributed by atoms with Gasteiger partial charge in [-0.1, -0.05) is 19.8 Å². The van der Waals surface area contributed by atoms with Crippen LogP contribution in [-0.4, -0.2) is 32.1 Å². The molecule has 1 aromatic carbocycles. The first-order valence-electron chi connectivity index (χ1n) is 7.02. The molecule has 0 saturated heterocycles. The molecule has 0 saturated carbocycles. The van der Waals surface area contributed by atoms with Gasteiger partial charge in [-0.3, -0.25) is 5.43 Å². The second-order valence-corrected chi connectivity index (χ2v) is 4.82. The van der Waals surface area contributed by atoms with E-state index in [0.717, 1.165) is 17.7 Å². The second kappa shape index (κ2) is 9.99. The fraction of sp³-hybridized carbons (Fsp3) is 0.467. The van der Waals surface area contributed by atoms with Crippen molar-refractivity contribution in [2.75, 3.05) is 20.8 Å². The van der Waals surface area contributed by atoms with Gasteiger partial charge < -0.3 is 14.8 Å². The lowest BCUT2D eigenvalue weighted by Crippen LogP contribution is -2.28. The molecule has 6 heteroatoms. The predicted molar refractivity (Wildman–Crippen MR) is 90.4 cm³/mol. The van der Waals surface area contributed by atoms with Crippen LogP contribution in [0.4, 0.5) is 0 Å². The van der Waals surface area contributed by atoms with Crippen molar-refractivity contribution < 1.29 is 9.47 Å². The highest BCUT2D eigenvalue weighted by atomic mass is 32.1. The smallest absolute Gasteiger partial charge is 0.186 e. The van der Waals surface area contributed by atoms with Gasteiger partial charge in [0.2, 0.25) is 0 Å². The van der Waals surface area contributed by atoms with Crippen LogP contribution in [0.2, 0.25) is 0 Å². The van der Waals surface area contributed by atoms with E-state index in [1.165, 1.54) is 12.8 Å². The van der Waals surface area contributed by atoms with Crippen molar-refractivity contribution in [3.05, 3.63) is 23.8 Å². The van der Waals surface area contributed by atoms with Crippen LogP contribution in [0, 0.1) is 0 Å². The molecule has 0 spiro atoms. The molecule has 5 nitrogen and oxygen atoms in total. The summed E-state index contributed by atoms with van der Waals surface area (Å²) in [6, 6.07) is 5.69. The molecule has 0 aliphatic carbocycles. The number of nitrogens with one attached hydrogen (secondary N) is 2. The normalized spacial score (nSPS) is 10.4. The molecule has 0 aliphatic heterocycles. The topological polar surface area (TPSA) is 54.9 Å². The van der Waals surface area contributed by atoms with Gasteiger partial charge in [0, 0.05) is 7.05 Å². The number of unbranched alkanes of at least 4 members (excludes halogenated alkanes) is 2. The van der Waals surface area contributed by atoms with Crippen molar-refractivity contribution in [2.45, 2.75) is 26.2 Å². The average molecular weight is 309 g/mol. The fourth-order valence-corrected chi connectivity index (χ4v) is 1.69. The van der Waals surface area contributed by atoms with E-state index in [-0.39, 0.29) is 0 Å². The van der Waals surface area contributed by atoms with Crippen LogP contribution in [0.5, 0.6) is 11.5 Å². The van der Waals surface area contributed by atoms with Crippen molar-refractivity contribution in [3.63, 3.8) is 0 Å². The molecule has 21 heavy (non-hydrogen) atoms. The number of thiocarbonyl (C=S) groups is 1. The summed E-state index contributed by atoms with van der Waals surface area (Å²) >= 11 is 4.93. The Labute approximate surface area is 131 Å². The van der Waals surface area contributed by atoms with E-state index in [0.29, 0.717) is 17.5 Å². The molecule has 1 rings (SSSR count). The van der Waals surface area contributed by atoms with Crippen LogP contribution >= 0.6 is 12.2 Å². The van der Waals surface area contributed by atoms with E-state index in [4.69, 9.17) is 21.7 Å². The second-order valence-electron chi connectivity index (χ2n) is 4.41. The van der Waals surface area contributed by atoms with Gasteiger partial charge in [0.15, 0.2) is 16.6 Å². The van der Waals surface area contributed by atoms with Crippen LogP contribution in [0.1, 0.15) is 31.7 Å². The molecule has 0 amide bonds. The molecule has 1 aromatic rings. The molecule has 0 fully saturated rings. The van der Waals surface area contributed by atoms with Crippen LogP contribution in [-0.2, 0) is 0 Å². The van der Waals surface area contributed by atoms with Crippen molar-refractivity contribution in [1.29, 1.82) is 0 Å². The number of benzene rings is 1. The van der Waals surface area contributed by atoms with Crippen LogP contribution in [0.25, 0.3) is 0 Å². The van der Waals surface area contributed by atoms with E-state index in [1.807, 2.05) is 18.2 Å². The summed E-state index contributed by atoms with van der Waals surface area (Å²) in [6.45, 7) is 2.87. The molecule has 0 bridgehead atoms. The third kappa shape index (κ3) is 6.44. The van der Waals surface area contributed by atoms with Gasteiger partial charge in [-0.15, -0.1) is 0 Å². The number of hydrazone groups is 1. The van der Waals surface area contributed by atoms with Crippen LogP contribution in [0.3, 0.4) is 0 Å². The Morgan fingerprint density at radius 1 is 1.33 bits per heavy atom. The third-order valence-electron chi connectivity index (χ3n) is 2.80. The first-order chi connectivity index (χ1) is 10.2. The van der Waals surface area contributed by atoms with Gasteiger partial charge in [-0.25, -0.2) is 0 Å². The standard InChI is InChI=1S/C15H23N3O2S/c1-4-5-6-9-20-13-8-7-12(10-14(13)19-3)11-17-18-15(21)16-2/h7-8,10-11H,4-6,9H2,1-3H3,(H2,16,18,21)/b17-11+. The average Bonchev–Trinajstić information content (AvgIpc) is 2.52. The zero-order valence-corrected chi connectivity index (χ0v) is 13.6. The first kappa shape index (κ1) is 17.2. The summed E-state index contributed by atoms with van der Waals surface area (Å²) in [5.74, 6) is 1.45. The molecule has 2 N–H and O–H groups in total. The van der Waals surface area contributed by atoms with E-state index in [2.05, 4.69) is 22.8 Å². The van der Waals surface area contributed by atoms with Gasteiger partial charge in [0.05, 0.1) is 19.9 Å². The molecule has 0 aliphatic rings. The summed E-state index contributed by atoms with van der Waals surface area (Å²) in [5, 5.41) is 7.27. The van der Waals surface area contributed by atoms with Crippen molar-refractivity contribution >= 4 is 23.5 Å². The Hall–Kier alpha value is -1.82. The lowest BCUT2D eigenvalue weighted by atomic mass is 10.2. The number of methoxy groups -OCH3 is 1. The Morgan fingerprint density at radius 3 is 2.81 bits per heavy atom. The molecular weight excluding hydrogens is 286 g/mol. The van der Waals surface area contributed by atoms with Crippen molar-refractivity contribution in [3.8, 4) is 11.5 Å². The quantitative estimate of drug-likeness (QED) is 0.335. The first-order valence-corrected chi connectivity index (χ1v) is 7.43. The van der Waals surface area contributed by atoms with Gasteiger partial charge in [-0.05, 0) is 42.4 Å². The summed E-state index contributed by atoms with van der Waals surface area (Å²) < 4.78 is 11.1. The lowest BCUT2D eigenvalue weighted by Gasteiger charge is -2.11. The third-order valence-corrected chi connectivity index (χ3v) is 3.10. The van der Waals surface area contributed by atoms with Crippen molar-refractivity contribution in [1.82, 2.24) is 10.7 Å². The minimum atomic E-state index is 0.467. The molecule has 0 atom stereocenters. The summed E-state index contributed by atoms with van der Waals surface area (Å²) in [7, 11) is 3.36. The maximum Gasteiger partial charge on any atom is 0.186 e. The molecule has 0 heterocycles.